The van der Waals surface area contributed by atoms with Gasteiger partial charge in [0.15, 0.2) is 0 Å². The standard InChI is InChI=1S/C17H17NO3/c1-9-7-12(5-6-13(9)21-2)18-16(19)14-10-3-4-11(8-10)15(14)17(18)20/h3-7,10-11,14-15H,8H2,1-2H3. The molecule has 4 nitrogen and oxygen atoms in total. The number of methoxy groups -OCH3 is 1. The van der Waals surface area contributed by atoms with Crippen LogP contribution in [-0.4, -0.2) is 18.9 Å². The lowest BCUT2D eigenvalue weighted by atomic mass is 9.85. The lowest BCUT2D eigenvalue weighted by Crippen LogP contribution is -2.32. The maximum atomic E-state index is 12.7. The summed E-state index contributed by atoms with van der Waals surface area (Å²) in [6.45, 7) is 1.92. The predicted molar refractivity (Wildman–Crippen MR) is 77.9 cm³/mol. The first-order valence-corrected chi connectivity index (χ1v) is 7.32. The van der Waals surface area contributed by atoms with E-state index in [4.69, 9.17) is 4.74 Å². The fourth-order valence-corrected chi connectivity index (χ4v) is 4.16. The van der Waals surface area contributed by atoms with Gasteiger partial charge in [0.2, 0.25) is 11.8 Å². The maximum Gasteiger partial charge on any atom is 0.238 e. The largest absolute Gasteiger partial charge is 0.496 e. The van der Waals surface area contributed by atoms with Gasteiger partial charge in [0.05, 0.1) is 24.6 Å². The molecule has 3 aliphatic rings. The van der Waals surface area contributed by atoms with Crippen molar-refractivity contribution in [3.05, 3.63) is 35.9 Å². The number of amides is 2. The van der Waals surface area contributed by atoms with Crippen molar-refractivity contribution in [3.8, 4) is 5.75 Å². The van der Waals surface area contributed by atoms with Gasteiger partial charge in [-0.25, -0.2) is 0 Å². The van der Waals surface area contributed by atoms with Crippen LogP contribution in [-0.2, 0) is 9.59 Å². The molecule has 1 aromatic carbocycles. The van der Waals surface area contributed by atoms with Crippen LogP contribution in [0.2, 0.25) is 0 Å². The molecule has 1 heterocycles. The summed E-state index contributed by atoms with van der Waals surface area (Å²) >= 11 is 0. The number of fused-ring (bicyclic) bond motifs is 5. The van der Waals surface area contributed by atoms with Gasteiger partial charge in [-0.15, -0.1) is 0 Å². The number of aryl methyl sites for hydroxylation is 1. The quantitative estimate of drug-likeness (QED) is 0.618. The summed E-state index contributed by atoms with van der Waals surface area (Å²) in [6, 6.07) is 5.45. The molecule has 2 bridgehead atoms. The highest BCUT2D eigenvalue weighted by molar-refractivity contribution is 6.22. The molecule has 4 heteroatoms. The topological polar surface area (TPSA) is 46.6 Å². The van der Waals surface area contributed by atoms with Gasteiger partial charge in [0, 0.05) is 0 Å². The normalized spacial score (nSPS) is 33.0. The third-order valence-corrected chi connectivity index (χ3v) is 5.11. The molecular formula is C17H17NO3. The van der Waals surface area contributed by atoms with Gasteiger partial charge in [0.1, 0.15) is 5.75 Å². The number of ether oxygens (including phenoxy) is 1. The summed E-state index contributed by atoms with van der Waals surface area (Å²) in [4.78, 5) is 26.8. The molecule has 2 fully saturated rings. The van der Waals surface area contributed by atoms with Crippen LogP contribution < -0.4 is 9.64 Å². The second-order valence-electron chi connectivity index (χ2n) is 6.17. The first kappa shape index (κ1) is 12.6. The van der Waals surface area contributed by atoms with E-state index in [1.54, 1.807) is 13.2 Å². The van der Waals surface area contributed by atoms with Gasteiger partial charge in [-0.1, -0.05) is 12.2 Å². The Morgan fingerprint density at radius 1 is 1.10 bits per heavy atom. The van der Waals surface area contributed by atoms with Gasteiger partial charge in [-0.05, 0) is 48.9 Å². The number of anilines is 1. The summed E-state index contributed by atoms with van der Waals surface area (Å²) in [5.74, 6) is 0.906. The van der Waals surface area contributed by atoms with Gasteiger partial charge in [0.25, 0.3) is 0 Å². The van der Waals surface area contributed by atoms with E-state index < -0.39 is 0 Å². The Morgan fingerprint density at radius 3 is 2.24 bits per heavy atom. The van der Waals surface area contributed by atoms with E-state index in [2.05, 4.69) is 12.2 Å². The van der Waals surface area contributed by atoms with Crippen LogP contribution in [0.3, 0.4) is 0 Å². The minimum atomic E-state index is -0.144. The average Bonchev–Trinajstić information content (AvgIpc) is 3.13. The average molecular weight is 283 g/mol. The molecule has 0 N–H and O–H groups in total. The number of rotatable bonds is 2. The van der Waals surface area contributed by atoms with Crippen LogP contribution in [0.1, 0.15) is 12.0 Å². The molecule has 0 spiro atoms. The Morgan fingerprint density at radius 2 is 1.71 bits per heavy atom. The number of nitrogens with zero attached hydrogens (tertiary/aromatic N) is 1. The monoisotopic (exact) mass is 283 g/mol. The number of allylic oxidation sites excluding steroid dienone is 2. The minimum Gasteiger partial charge on any atom is -0.496 e. The van der Waals surface area contributed by atoms with Gasteiger partial charge in [-0.3, -0.25) is 14.5 Å². The van der Waals surface area contributed by atoms with Crippen molar-refractivity contribution in [1.29, 1.82) is 0 Å². The van der Waals surface area contributed by atoms with E-state index in [1.807, 2.05) is 19.1 Å². The van der Waals surface area contributed by atoms with Gasteiger partial charge < -0.3 is 4.74 Å². The zero-order chi connectivity index (χ0) is 14.7. The Bertz CT molecular complexity index is 649. The van der Waals surface area contributed by atoms with Crippen LogP contribution >= 0.6 is 0 Å². The molecule has 108 valence electrons. The molecule has 1 aromatic rings. The van der Waals surface area contributed by atoms with Crippen molar-refractivity contribution in [1.82, 2.24) is 0 Å². The fourth-order valence-electron chi connectivity index (χ4n) is 4.16. The van der Waals surface area contributed by atoms with Crippen LogP contribution in [0.4, 0.5) is 5.69 Å². The molecule has 0 aromatic heterocycles. The highest BCUT2D eigenvalue weighted by Gasteiger charge is 2.59. The molecule has 4 atom stereocenters. The minimum absolute atomic E-state index is 0.0357. The van der Waals surface area contributed by atoms with Crippen LogP contribution in [0, 0.1) is 30.6 Å². The molecule has 0 radical (unpaired) electrons. The molecule has 1 saturated carbocycles. The first-order valence-electron chi connectivity index (χ1n) is 7.32. The summed E-state index contributed by atoms with van der Waals surface area (Å²) in [7, 11) is 1.61. The first-order chi connectivity index (χ1) is 10.1. The number of benzene rings is 1. The summed E-state index contributed by atoms with van der Waals surface area (Å²) in [5, 5.41) is 0. The number of carbonyl (C=O) groups is 2. The molecule has 2 aliphatic carbocycles. The molecule has 1 saturated heterocycles. The summed E-state index contributed by atoms with van der Waals surface area (Å²) in [5.41, 5.74) is 1.59. The van der Waals surface area contributed by atoms with Crippen LogP contribution in [0.15, 0.2) is 30.4 Å². The zero-order valence-electron chi connectivity index (χ0n) is 12.1. The second kappa shape index (κ2) is 4.20. The maximum absolute atomic E-state index is 12.7. The molecule has 1 aliphatic heterocycles. The molecular weight excluding hydrogens is 266 g/mol. The SMILES string of the molecule is COc1ccc(N2C(=O)C3C4C=CC(C4)C3C2=O)cc1C. The Kier molecular flexibility index (Phi) is 2.52. The van der Waals surface area contributed by atoms with E-state index in [1.165, 1.54) is 4.90 Å². The number of imide groups is 1. The third kappa shape index (κ3) is 1.56. The number of carbonyl (C=O) groups excluding carboxylic acids is 2. The van der Waals surface area contributed by atoms with E-state index in [0.717, 1.165) is 17.7 Å². The van der Waals surface area contributed by atoms with Crippen LogP contribution in [0.25, 0.3) is 0 Å². The number of hydrogen-bond donors (Lipinski definition) is 0. The van der Waals surface area contributed by atoms with E-state index in [0.29, 0.717) is 5.69 Å². The highest BCUT2D eigenvalue weighted by atomic mass is 16.5. The van der Waals surface area contributed by atoms with Crippen molar-refractivity contribution in [3.63, 3.8) is 0 Å². The predicted octanol–water partition coefficient (Wildman–Crippen LogP) is 2.32. The van der Waals surface area contributed by atoms with Crippen LogP contribution in [0.5, 0.6) is 5.75 Å². The molecule has 4 unspecified atom stereocenters. The fraction of sp³-hybridized carbons (Fsp3) is 0.412. The van der Waals surface area contributed by atoms with E-state index >= 15 is 0 Å². The number of hydrogen-bond acceptors (Lipinski definition) is 3. The van der Waals surface area contributed by atoms with Crippen molar-refractivity contribution in [2.24, 2.45) is 23.7 Å². The molecule has 2 amide bonds. The lowest BCUT2D eigenvalue weighted by Gasteiger charge is -2.18. The zero-order valence-corrected chi connectivity index (χ0v) is 12.1. The van der Waals surface area contributed by atoms with Crippen molar-refractivity contribution in [2.45, 2.75) is 13.3 Å². The smallest absolute Gasteiger partial charge is 0.238 e. The lowest BCUT2D eigenvalue weighted by molar-refractivity contribution is -0.123. The summed E-state index contributed by atoms with van der Waals surface area (Å²) < 4.78 is 5.24. The van der Waals surface area contributed by atoms with Crippen molar-refractivity contribution < 1.29 is 14.3 Å². The molecule has 21 heavy (non-hydrogen) atoms. The van der Waals surface area contributed by atoms with E-state index in [9.17, 15) is 9.59 Å². The third-order valence-electron chi connectivity index (χ3n) is 5.11. The van der Waals surface area contributed by atoms with Gasteiger partial charge >= 0.3 is 0 Å². The molecule has 4 rings (SSSR count). The Balaban J connectivity index is 1.72. The Hall–Kier alpha value is -2.10. The summed E-state index contributed by atoms with van der Waals surface area (Å²) in [6.07, 6.45) is 5.18. The van der Waals surface area contributed by atoms with Crippen molar-refractivity contribution in [2.75, 3.05) is 12.0 Å². The van der Waals surface area contributed by atoms with E-state index in [-0.39, 0.29) is 35.5 Å². The highest BCUT2D eigenvalue weighted by Crippen LogP contribution is 2.53. The van der Waals surface area contributed by atoms with Gasteiger partial charge in [-0.2, -0.15) is 0 Å². The Labute approximate surface area is 123 Å². The second-order valence-corrected chi connectivity index (χ2v) is 6.17. The van der Waals surface area contributed by atoms with Crippen molar-refractivity contribution >= 4 is 17.5 Å².